The molecule has 1 heterocycles. The zero-order valence-corrected chi connectivity index (χ0v) is 14.4. The van der Waals surface area contributed by atoms with E-state index in [1.807, 2.05) is 0 Å². The van der Waals surface area contributed by atoms with Gasteiger partial charge in [-0.05, 0) is 23.3 Å². The third-order valence-electron chi connectivity index (χ3n) is 5.11. The monoisotopic (exact) mass is 333 g/mol. The molecule has 5 rings (SSSR count). The summed E-state index contributed by atoms with van der Waals surface area (Å²) in [4.78, 5) is 0. The maximum absolute atomic E-state index is 2.48. The fourth-order valence-corrected chi connectivity index (χ4v) is 3.99. The van der Waals surface area contributed by atoms with Crippen LogP contribution in [0.3, 0.4) is 0 Å². The summed E-state index contributed by atoms with van der Waals surface area (Å²) in [6.07, 6.45) is 0. The molecule has 0 unspecified atom stereocenters. The van der Waals surface area contributed by atoms with Gasteiger partial charge >= 0.3 is 0 Å². The van der Waals surface area contributed by atoms with Crippen LogP contribution in [0.15, 0.2) is 109 Å². The highest BCUT2D eigenvalue weighted by atomic mass is 15.0. The van der Waals surface area contributed by atoms with Crippen LogP contribution < -0.4 is 0 Å². The van der Waals surface area contributed by atoms with Gasteiger partial charge in [0.1, 0.15) is 0 Å². The van der Waals surface area contributed by atoms with Crippen LogP contribution in [0.4, 0.5) is 0 Å². The Kier molecular flexibility index (Phi) is 3.57. The molecule has 0 aliphatic heterocycles. The smallest absolute Gasteiger partial charge is 0.0845 e. The number of para-hydroxylation sites is 2. The predicted octanol–water partition coefficient (Wildman–Crippen LogP) is 6.43. The highest BCUT2D eigenvalue weighted by Gasteiger charge is 2.21. The minimum atomic E-state index is 0.141. The van der Waals surface area contributed by atoms with E-state index in [2.05, 4.69) is 114 Å². The maximum atomic E-state index is 2.48. The molecular formula is C25H19N. The third kappa shape index (κ3) is 2.33. The second kappa shape index (κ2) is 6.20. The maximum Gasteiger partial charge on any atom is 0.0845 e. The standard InChI is InChI=1S/C25H19N/c1-3-11-19(12-4-1)25(20-13-5-2-6-14-20)26-23-17-9-7-15-21(23)22-16-8-10-18-24(22)26/h1-18,25H. The normalized spacial score (nSPS) is 11.4. The number of rotatable bonds is 3. The van der Waals surface area contributed by atoms with Crippen molar-refractivity contribution in [2.24, 2.45) is 0 Å². The largest absolute Gasteiger partial charge is 0.329 e. The molecule has 0 aliphatic carbocycles. The quantitative estimate of drug-likeness (QED) is 0.358. The Morgan fingerprint density at radius 3 is 1.27 bits per heavy atom. The molecule has 0 bridgehead atoms. The van der Waals surface area contributed by atoms with Crippen LogP contribution in [0.5, 0.6) is 0 Å². The number of aromatic nitrogens is 1. The predicted molar refractivity (Wildman–Crippen MR) is 110 cm³/mol. The van der Waals surface area contributed by atoms with E-state index in [9.17, 15) is 0 Å². The molecule has 1 heteroatoms. The van der Waals surface area contributed by atoms with Gasteiger partial charge < -0.3 is 4.57 Å². The van der Waals surface area contributed by atoms with Crippen LogP contribution in [0.2, 0.25) is 0 Å². The molecule has 0 fully saturated rings. The van der Waals surface area contributed by atoms with Gasteiger partial charge in [0.25, 0.3) is 0 Å². The molecule has 4 aromatic carbocycles. The van der Waals surface area contributed by atoms with Crippen LogP contribution in [-0.4, -0.2) is 4.57 Å². The second-order valence-corrected chi connectivity index (χ2v) is 6.63. The minimum absolute atomic E-state index is 0.141. The van der Waals surface area contributed by atoms with E-state index in [1.54, 1.807) is 0 Å². The summed E-state index contributed by atoms with van der Waals surface area (Å²) in [5.41, 5.74) is 5.13. The molecule has 1 nitrogen and oxygen atoms in total. The van der Waals surface area contributed by atoms with Crippen molar-refractivity contribution in [3.8, 4) is 0 Å². The van der Waals surface area contributed by atoms with E-state index in [-0.39, 0.29) is 6.04 Å². The molecule has 0 radical (unpaired) electrons. The van der Waals surface area contributed by atoms with Gasteiger partial charge in [0, 0.05) is 21.8 Å². The molecule has 0 N–H and O–H groups in total. The Bertz CT molecular complexity index is 1080. The Morgan fingerprint density at radius 2 is 0.808 bits per heavy atom. The van der Waals surface area contributed by atoms with Gasteiger partial charge in [0.2, 0.25) is 0 Å². The van der Waals surface area contributed by atoms with Crippen molar-refractivity contribution < 1.29 is 0 Å². The first-order chi connectivity index (χ1) is 12.9. The first-order valence-electron chi connectivity index (χ1n) is 9.01. The highest BCUT2D eigenvalue weighted by molar-refractivity contribution is 6.08. The Hall–Kier alpha value is -3.32. The molecule has 1 aromatic heterocycles. The van der Waals surface area contributed by atoms with Gasteiger partial charge in [-0.1, -0.05) is 97.1 Å². The van der Waals surface area contributed by atoms with E-state index in [1.165, 1.54) is 32.9 Å². The van der Waals surface area contributed by atoms with Crippen LogP contribution in [0, 0.1) is 0 Å². The van der Waals surface area contributed by atoms with Gasteiger partial charge in [-0.2, -0.15) is 0 Å². The van der Waals surface area contributed by atoms with E-state index < -0.39 is 0 Å². The van der Waals surface area contributed by atoms with E-state index in [4.69, 9.17) is 0 Å². The molecule has 124 valence electrons. The van der Waals surface area contributed by atoms with Gasteiger partial charge in [-0.3, -0.25) is 0 Å². The SMILES string of the molecule is c1ccc(C(c2ccccc2)n2c3ccccc3c3ccccc32)cc1. The number of nitrogens with zero attached hydrogens (tertiary/aromatic N) is 1. The number of benzene rings is 4. The van der Waals surface area contributed by atoms with Gasteiger partial charge in [0.15, 0.2) is 0 Å². The lowest BCUT2D eigenvalue weighted by molar-refractivity contribution is 0.728. The van der Waals surface area contributed by atoms with Crippen LogP contribution in [0.1, 0.15) is 17.2 Å². The average Bonchev–Trinajstić information content (AvgIpc) is 3.05. The summed E-state index contributed by atoms with van der Waals surface area (Å²) < 4.78 is 2.48. The minimum Gasteiger partial charge on any atom is -0.329 e. The molecule has 0 amide bonds. The number of hydrogen-bond donors (Lipinski definition) is 0. The molecule has 0 atom stereocenters. The molecule has 0 saturated carbocycles. The molecule has 0 aliphatic rings. The van der Waals surface area contributed by atoms with Crippen LogP contribution in [-0.2, 0) is 0 Å². The summed E-state index contributed by atoms with van der Waals surface area (Å²) in [5, 5.41) is 2.61. The third-order valence-corrected chi connectivity index (χ3v) is 5.11. The van der Waals surface area contributed by atoms with E-state index in [0.29, 0.717) is 0 Å². The summed E-state index contributed by atoms with van der Waals surface area (Å²) in [6.45, 7) is 0. The first-order valence-corrected chi connectivity index (χ1v) is 9.01. The fraction of sp³-hybridized carbons (Fsp3) is 0.0400. The van der Waals surface area contributed by atoms with Gasteiger partial charge in [-0.25, -0.2) is 0 Å². The lowest BCUT2D eigenvalue weighted by atomic mass is 9.98. The second-order valence-electron chi connectivity index (χ2n) is 6.63. The summed E-state index contributed by atoms with van der Waals surface area (Å²) in [7, 11) is 0. The summed E-state index contributed by atoms with van der Waals surface area (Å²) in [6, 6.07) is 39.1. The van der Waals surface area contributed by atoms with Crippen molar-refractivity contribution in [2.45, 2.75) is 6.04 Å². The topological polar surface area (TPSA) is 4.93 Å². The van der Waals surface area contributed by atoms with Crippen molar-refractivity contribution in [3.05, 3.63) is 120 Å². The van der Waals surface area contributed by atoms with Crippen LogP contribution in [0.25, 0.3) is 21.8 Å². The van der Waals surface area contributed by atoms with Crippen LogP contribution >= 0.6 is 0 Å². The van der Waals surface area contributed by atoms with E-state index in [0.717, 1.165) is 0 Å². The average molecular weight is 333 g/mol. The lowest BCUT2D eigenvalue weighted by Gasteiger charge is -2.22. The highest BCUT2D eigenvalue weighted by Crippen LogP contribution is 2.37. The van der Waals surface area contributed by atoms with Crippen molar-refractivity contribution in [2.75, 3.05) is 0 Å². The summed E-state index contributed by atoms with van der Waals surface area (Å²) >= 11 is 0. The Morgan fingerprint density at radius 1 is 0.423 bits per heavy atom. The molecule has 0 spiro atoms. The van der Waals surface area contributed by atoms with Crippen molar-refractivity contribution in [3.63, 3.8) is 0 Å². The van der Waals surface area contributed by atoms with Gasteiger partial charge in [0.05, 0.1) is 6.04 Å². The fourth-order valence-electron chi connectivity index (χ4n) is 3.99. The van der Waals surface area contributed by atoms with Crippen molar-refractivity contribution in [1.82, 2.24) is 4.57 Å². The molecule has 26 heavy (non-hydrogen) atoms. The van der Waals surface area contributed by atoms with Gasteiger partial charge in [-0.15, -0.1) is 0 Å². The zero-order valence-electron chi connectivity index (χ0n) is 14.4. The summed E-state index contributed by atoms with van der Waals surface area (Å²) in [5.74, 6) is 0. The molecule has 0 saturated heterocycles. The lowest BCUT2D eigenvalue weighted by Crippen LogP contribution is -2.12. The number of hydrogen-bond acceptors (Lipinski definition) is 0. The number of fused-ring (bicyclic) bond motifs is 3. The first kappa shape index (κ1) is 15.0. The molecular weight excluding hydrogens is 314 g/mol. The van der Waals surface area contributed by atoms with E-state index >= 15 is 0 Å². The van der Waals surface area contributed by atoms with Crippen molar-refractivity contribution >= 4 is 21.8 Å². The molecule has 5 aromatic rings. The van der Waals surface area contributed by atoms with Crippen molar-refractivity contribution in [1.29, 1.82) is 0 Å². The Labute approximate surface area is 153 Å². The Balaban J connectivity index is 1.90. The zero-order chi connectivity index (χ0) is 17.3.